The Morgan fingerprint density at radius 3 is 2.09 bits per heavy atom. The lowest BCUT2D eigenvalue weighted by Gasteiger charge is -2.18. The minimum Gasteiger partial charge on any atom is -0.497 e. The number of hydrogen-bond donors (Lipinski definition) is 1. The number of rotatable bonds is 5. The van der Waals surface area contributed by atoms with Gasteiger partial charge in [-0.25, -0.2) is 0 Å². The Morgan fingerprint density at radius 1 is 1.00 bits per heavy atom. The Bertz CT molecular complexity index is 712. The van der Waals surface area contributed by atoms with Crippen molar-refractivity contribution in [3.8, 4) is 5.75 Å². The molecule has 2 aromatic carbocycles. The second-order valence-corrected chi connectivity index (χ2v) is 6.36. The van der Waals surface area contributed by atoms with Crippen LogP contribution in [0.25, 0.3) is 0 Å². The number of hydrogen-bond acceptors (Lipinski definition) is 3. The molecule has 2 aromatic rings. The molecule has 0 bridgehead atoms. The Kier molecular flexibility index (Phi) is 5.52. The van der Waals surface area contributed by atoms with Gasteiger partial charge in [-0.15, -0.1) is 0 Å². The maximum Gasteiger partial charge on any atom is 0.269 e. The molecule has 0 heterocycles. The molecule has 0 atom stereocenters. The summed E-state index contributed by atoms with van der Waals surface area (Å²) in [6.45, 7) is 0. The number of Topliss-reactive ketones (excluding diaryl/α,β-unsaturated/α-hetero) is 1. The highest BCUT2D eigenvalue weighted by atomic mass is 35.5. The van der Waals surface area contributed by atoms with Crippen molar-refractivity contribution in [1.29, 1.82) is 0 Å². The molecule has 0 radical (unpaired) electrons. The summed E-state index contributed by atoms with van der Waals surface area (Å²) in [4.78, 5) is 24.6. The zero-order chi connectivity index (χ0) is 17.0. The maximum atomic E-state index is 12.4. The molecule has 0 unspecified atom stereocenters. The first kappa shape index (κ1) is 17.6. The summed E-state index contributed by atoms with van der Waals surface area (Å²) in [6.07, 6.45) is 0. The fourth-order valence-corrected chi connectivity index (χ4v) is 2.21. The topological polar surface area (TPSA) is 55.4 Å². The van der Waals surface area contributed by atoms with Crippen molar-refractivity contribution in [2.45, 2.75) is 4.33 Å². The Balaban J connectivity index is 2.16. The number of benzene rings is 2. The number of nitrogens with one attached hydrogen (secondary N) is 1. The van der Waals surface area contributed by atoms with E-state index in [4.69, 9.17) is 39.5 Å². The first-order valence-electron chi connectivity index (χ1n) is 6.48. The van der Waals surface area contributed by atoms with Crippen LogP contribution in [0.15, 0.2) is 48.5 Å². The van der Waals surface area contributed by atoms with Gasteiger partial charge in [-0.2, -0.15) is 0 Å². The minimum atomic E-state index is -2.26. The fourth-order valence-electron chi connectivity index (χ4n) is 1.77. The highest BCUT2D eigenvalue weighted by Crippen LogP contribution is 2.29. The molecule has 1 amide bonds. The number of halogens is 3. The second kappa shape index (κ2) is 7.21. The third kappa shape index (κ3) is 4.16. The van der Waals surface area contributed by atoms with Crippen LogP contribution >= 0.6 is 34.8 Å². The van der Waals surface area contributed by atoms with Crippen molar-refractivity contribution in [2.24, 2.45) is 0 Å². The van der Waals surface area contributed by atoms with Gasteiger partial charge in [-0.1, -0.05) is 34.8 Å². The van der Waals surface area contributed by atoms with Crippen molar-refractivity contribution >= 4 is 52.2 Å². The third-order valence-corrected chi connectivity index (χ3v) is 3.96. The fraction of sp³-hybridized carbons (Fsp3) is 0.125. The average Bonchev–Trinajstić information content (AvgIpc) is 2.56. The number of ketones is 1. The normalized spacial score (nSPS) is 11.0. The van der Waals surface area contributed by atoms with E-state index >= 15 is 0 Å². The lowest BCUT2D eigenvalue weighted by Crippen LogP contribution is -2.40. The molecule has 7 heteroatoms. The van der Waals surface area contributed by atoms with Crippen LogP contribution in [0, 0.1) is 0 Å². The van der Waals surface area contributed by atoms with Crippen molar-refractivity contribution in [3.63, 3.8) is 0 Å². The second-order valence-electron chi connectivity index (χ2n) is 4.59. The van der Waals surface area contributed by atoms with Gasteiger partial charge in [-0.05, 0) is 48.5 Å². The van der Waals surface area contributed by atoms with Crippen LogP contribution in [0.5, 0.6) is 5.75 Å². The summed E-state index contributed by atoms with van der Waals surface area (Å²) in [5.74, 6) is -0.999. The smallest absolute Gasteiger partial charge is 0.269 e. The molecule has 0 saturated heterocycles. The Morgan fingerprint density at radius 2 is 1.57 bits per heavy atom. The van der Waals surface area contributed by atoms with Crippen molar-refractivity contribution in [2.75, 3.05) is 12.4 Å². The summed E-state index contributed by atoms with van der Waals surface area (Å²) in [5.41, 5.74) is 0.620. The molecule has 0 aliphatic carbocycles. The largest absolute Gasteiger partial charge is 0.497 e. The predicted molar refractivity (Wildman–Crippen MR) is 91.8 cm³/mol. The van der Waals surface area contributed by atoms with Crippen LogP contribution < -0.4 is 10.1 Å². The van der Waals surface area contributed by atoms with E-state index < -0.39 is 16.0 Å². The van der Waals surface area contributed by atoms with E-state index in [0.717, 1.165) is 0 Å². The van der Waals surface area contributed by atoms with E-state index in [2.05, 4.69) is 5.32 Å². The molecule has 23 heavy (non-hydrogen) atoms. The first-order chi connectivity index (χ1) is 10.8. The number of amides is 1. The monoisotopic (exact) mass is 371 g/mol. The van der Waals surface area contributed by atoms with Crippen molar-refractivity contribution < 1.29 is 14.3 Å². The molecule has 0 fully saturated rings. The number of ether oxygens (including phenoxy) is 1. The zero-order valence-corrected chi connectivity index (χ0v) is 14.2. The van der Waals surface area contributed by atoms with E-state index in [0.29, 0.717) is 16.5 Å². The van der Waals surface area contributed by atoms with Gasteiger partial charge in [0.15, 0.2) is 0 Å². The summed E-state index contributed by atoms with van der Waals surface area (Å²) in [5, 5.41) is 2.99. The van der Waals surface area contributed by atoms with Gasteiger partial charge >= 0.3 is 0 Å². The highest BCUT2D eigenvalue weighted by Gasteiger charge is 2.42. The molecule has 0 saturated carbocycles. The number of anilines is 1. The molecule has 1 N–H and O–H groups in total. The number of carbonyl (C=O) groups excluding carboxylic acids is 2. The van der Waals surface area contributed by atoms with Gasteiger partial charge in [0.1, 0.15) is 5.75 Å². The summed E-state index contributed by atoms with van der Waals surface area (Å²) in [7, 11) is 1.50. The molecule has 0 aliphatic heterocycles. The van der Waals surface area contributed by atoms with Gasteiger partial charge in [-0.3, -0.25) is 9.59 Å². The molecular formula is C16H12Cl3NO3. The summed E-state index contributed by atoms with van der Waals surface area (Å²) < 4.78 is 2.75. The first-order valence-corrected chi connectivity index (χ1v) is 7.61. The van der Waals surface area contributed by atoms with Gasteiger partial charge < -0.3 is 10.1 Å². The van der Waals surface area contributed by atoms with Crippen LogP contribution in [-0.4, -0.2) is 23.1 Å². The van der Waals surface area contributed by atoms with E-state index in [1.807, 2.05) is 0 Å². The van der Waals surface area contributed by atoms with Gasteiger partial charge in [0.05, 0.1) is 7.11 Å². The van der Waals surface area contributed by atoms with Crippen LogP contribution in [0.2, 0.25) is 5.02 Å². The van der Waals surface area contributed by atoms with Crippen LogP contribution in [0.1, 0.15) is 10.4 Å². The quantitative estimate of drug-likeness (QED) is 0.482. The van der Waals surface area contributed by atoms with Crippen LogP contribution in [0.4, 0.5) is 5.69 Å². The SMILES string of the molecule is COc1ccc(C(=O)C(Cl)(Cl)C(=O)Nc2ccc(Cl)cc2)cc1. The lowest BCUT2D eigenvalue weighted by atomic mass is 10.1. The lowest BCUT2D eigenvalue weighted by molar-refractivity contribution is -0.115. The zero-order valence-electron chi connectivity index (χ0n) is 12.0. The van der Waals surface area contributed by atoms with Crippen molar-refractivity contribution in [3.05, 3.63) is 59.1 Å². The minimum absolute atomic E-state index is 0.196. The third-order valence-electron chi connectivity index (χ3n) is 3.02. The van der Waals surface area contributed by atoms with E-state index in [1.165, 1.54) is 19.2 Å². The van der Waals surface area contributed by atoms with Crippen LogP contribution in [-0.2, 0) is 4.79 Å². The standard InChI is InChI=1S/C16H12Cl3NO3/c1-23-13-8-2-10(3-9-13)14(21)16(18,19)15(22)20-12-6-4-11(17)5-7-12/h2-9H,1H3,(H,20,22). The predicted octanol–water partition coefficient (Wildman–Crippen LogP) is 4.34. The molecule has 120 valence electrons. The van der Waals surface area contributed by atoms with E-state index in [1.54, 1.807) is 36.4 Å². The van der Waals surface area contributed by atoms with E-state index in [-0.39, 0.29) is 5.56 Å². The van der Waals surface area contributed by atoms with Gasteiger partial charge in [0.25, 0.3) is 10.2 Å². The number of methoxy groups -OCH3 is 1. The molecule has 0 spiro atoms. The summed E-state index contributed by atoms with van der Waals surface area (Å²) >= 11 is 17.7. The molecular weight excluding hydrogens is 361 g/mol. The maximum absolute atomic E-state index is 12.4. The molecule has 2 rings (SSSR count). The van der Waals surface area contributed by atoms with Crippen LogP contribution in [0.3, 0.4) is 0 Å². The van der Waals surface area contributed by atoms with Gasteiger partial charge in [0.2, 0.25) is 5.78 Å². The average molecular weight is 373 g/mol. The molecule has 0 aromatic heterocycles. The number of carbonyl (C=O) groups is 2. The van der Waals surface area contributed by atoms with E-state index in [9.17, 15) is 9.59 Å². The van der Waals surface area contributed by atoms with Crippen molar-refractivity contribution in [1.82, 2.24) is 0 Å². The molecule has 0 aliphatic rings. The Hall–Kier alpha value is -1.75. The highest BCUT2D eigenvalue weighted by molar-refractivity contribution is 6.70. The van der Waals surface area contributed by atoms with Gasteiger partial charge in [0, 0.05) is 16.3 Å². The number of alkyl halides is 2. The summed E-state index contributed by atoms with van der Waals surface area (Å²) in [6, 6.07) is 12.4. The molecule has 4 nitrogen and oxygen atoms in total. The Labute approximate surface area is 148 Å².